The van der Waals surface area contributed by atoms with Crippen molar-refractivity contribution in [2.24, 2.45) is 11.8 Å². The maximum atomic E-state index is 15.4. The number of aliphatic hydroxyl groups is 1. The number of amides is 1. The number of ether oxygens (including phenoxy) is 7. The summed E-state index contributed by atoms with van der Waals surface area (Å²) in [5.41, 5.74) is 5.73. The van der Waals surface area contributed by atoms with Crippen molar-refractivity contribution in [3.63, 3.8) is 0 Å². The molecule has 0 aromatic heterocycles. The lowest BCUT2D eigenvalue weighted by Gasteiger charge is -2.49. The minimum atomic E-state index is -3.97. The Labute approximate surface area is 395 Å². The van der Waals surface area contributed by atoms with Gasteiger partial charge in [-0.05, 0) is 120 Å². The van der Waals surface area contributed by atoms with E-state index >= 15 is 4.79 Å². The average Bonchev–Trinajstić information content (AvgIpc) is 3.37. The van der Waals surface area contributed by atoms with Gasteiger partial charge in [0.05, 0.1) is 59.7 Å². The number of nitrogens with zero attached hydrogens (tertiary/aromatic N) is 3. The van der Waals surface area contributed by atoms with Crippen LogP contribution < -0.4 is 23.7 Å². The smallest absolute Gasteiger partial charge is 0.289 e. The Morgan fingerprint density at radius 3 is 2.06 bits per heavy atom. The first-order chi connectivity index (χ1) is 32.5. The summed E-state index contributed by atoms with van der Waals surface area (Å²) in [5.74, 6) is 3.70. The van der Waals surface area contributed by atoms with Crippen molar-refractivity contribution < 1.29 is 51.5 Å². The highest BCUT2D eigenvalue weighted by molar-refractivity contribution is 7.89. The summed E-state index contributed by atoms with van der Waals surface area (Å²) >= 11 is 0. The lowest BCUT2D eigenvalue weighted by Crippen LogP contribution is -2.48. The molecule has 8 rings (SSSR count). The van der Waals surface area contributed by atoms with E-state index in [1.165, 1.54) is 34.7 Å². The quantitative estimate of drug-likeness (QED) is 0.107. The third-order valence-corrected chi connectivity index (χ3v) is 16.2. The van der Waals surface area contributed by atoms with E-state index in [1.807, 2.05) is 47.4 Å². The number of rotatable bonds is 18. The average molecular weight is 940 g/mol. The molecule has 0 saturated carbocycles. The highest BCUT2D eigenvalue weighted by Gasteiger charge is 2.43. The van der Waals surface area contributed by atoms with Crippen LogP contribution in [-0.2, 0) is 37.1 Å². The van der Waals surface area contributed by atoms with Gasteiger partial charge in [0.1, 0.15) is 5.75 Å². The van der Waals surface area contributed by atoms with Crippen molar-refractivity contribution in [1.82, 2.24) is 14.1 Å². The molecule has 0 aliphatic carbocycles. The van der Waals surface area contributed by atoms with E-state index in [0.29, 0.717) is 42.6 Å². The number of carbonyl (C=O) groups excluding carboxylic acids is 1. The number of carbonyl (C=O) groups is 1. The van der Waals surface area contributed by atoms with Gasteiger partial charge in [0, 0.05) is 51.1 Å². The third-order valence-electron chi connectivity index (χ3n) is 14.3. The molecule has 0 spiro atoms. The van der Waals surface area contributed by atoms with Crippen molar-refractivity contribution >= 4 is 15.9 Å². The molecule has 4 heterocycles. The number of hydrogen-bond acceptors (Lipinski definition) is 12. The zero-order valence-corrected chi connectivity index (χ0v) is 40.3. The standard InChI is InChI=1S/C52H65N3O11S/c1-7-34-33-53-19-17-36-27-46(61-3)48(63-5)31-42(36)44(53)25-38(34)26-45-43-32-49(64-6)47(62-4)28-37(43)18-20-55(45)52(57)50-29-39(35-11-9-8-10-12-35)30-51(66-50)65-24-22-54(21-23-56)67(58,59)41-15-13-40(60-2)14-16-41/h8-16,27-29,31-32,34,38-39,44-45,51,56H,7,17-26,30,33H2,1-6H3/t34-,38+,39+,44-,45+,51-/m0/s1. The first-order valence-corrected chi connectivity index (χ1v) is 24.8. The molecule has 0 bridgehead atoms. The Morgan fingerprint density at radius 2 is 1.42 bits per heavy atom. The van der Waals surface area contributed by atoms with Crippen LogP contribution in [0.3, 0.4) is 0 Å². The molecular formula is C52H65N3O11S. The number of allylic oxidation sites excluding steroid dienone is 1. The van der Waals surface area contributed by atoms with Crippen LogP contribution in [0.15, 0.2) is 95.6 Å². The molecular weight excluding hydrogens is 875 g/mol. The first-order valence-electron chi connectivity index (χ1n) is 23.4. The van der Waals surface area contributed by atoms with E-state index in [4.69, 9.17) is 33.2 Å². The maximum absolute atomic E-state index is 15.4. The SMILES string of the molecule is CC[C@H]1CN2CCc3cc(OC)c(OC)cc3[C@@H]2C[C@@H]1C[C@@H]1c2cc(OC)c(OC)cc2CCN1C(=O)C1=C[C@@H](c2ccccc2)C[C@@H](OCCN(CCO)S(=O)(=O)c2ccc(OC)cc2)O1. The fourth-order valence-corrected chi connectivity index (χ4v) is 12.1. The summed E-state index contributed by atoms with van der Waals surface area (Å²) in [7, 11) is 4.19. The van der Waals surface area contributed by atoms with Crippen molar-refractivity contribution in [3.05, 3.63) is 119 Å². The summed E-state index contributed by atoms with van der Waals surface area (Å²) in [6, 6.07) is 24.4. The predicted octanol–water partition coefficient (Wildman–Crippen LogP) is 7.30. The molecule has 6 atom stereocenters. The molecule has 0 radical (unpaired) electrons. The Morgan fingerprint density at radius 1 is 0.776 bits per heavy atom. The number of piperidine rings is 1. The van der Waals surface area contributed by atoms with E-state index < -0.39 is 16.3 Å². The maximum Gasteiger partial charge on any atom is 0.289 e. The van der Waals surface area contributed by atoms with Crippen LogP contribution in [-0.4, -0.2) is 121 Å². The summed E-state index contributed by atoms with van der Waals surface area (Å²) in [5, 5.41) is 9.89. The number of methoxy groups -OCH3 is 5. The largest absolute Gasteiger partial charge is 0.497 e. The number of sulfonamides is 1. The molecule has 1 N–H and O–H groups in total. The molecule has 4 aliphatic rings. The molecule has 4 aromatic carbocycles. The topological polar surface area (TPSA) is 146 Å². The Balaban J connectivity index is 1.09. The molecule has 1 fully saturated rings. The molecule has 4 aliphatic heterocycles. The van der Waals surface area contributed by atoms with E-state index in [-0.39, 0.29) is 66.8 Å². The van der Waals surface area contributed by atoms with E-state index in [0.717, 1.165) is 67.0 Å². The van der Waals surface area contributed by atoms with Crippen LogP contribution >= 0.6 is 0 Å². The predicted molar refractivity (Wildman–Crippen MR) is 253 cm³/mol. The number of hydrogen-bond donors (Lipinski definition) is 1. The zero-order valence-electron chi connectivity index (χ0n) is 39.5. The van der Waals surface area contributed by atoms with Crippen molar-refractivity contribution in [2.45, 2.75) is 74.6 Å². The number of aliphatic hydroxyl groups excluding tert-OH is 1. The highest BCUT2D eigenvalue weighted by atomic mass is 32.2. The molecule has 14 nitrogen and oxygen atoms in total. The van der Waals surface area contributed by atoms with Crippen LogP contribution in [0, 0.1) is 11.8 Å². The normalized spacial score (nSPS) is 22.7. The van der Waals surface area contributed by atoms with Gasteiger partial charge in [0.2, 0.25) is 16.3 Å². The van der Waals surface area contributed by atoms with E-state index in [2.05, 4.69) is 30.0 Å². The molecule has 67 heavy (non-hydrogen) atoms. The molecule has 1 saturated heterocycles. The Hall–Kier alpha value is -5.32. The third kappa shape index (κ3) is 10.1. The van der Waals surface area contributed by atoms with Crippen molar-refractivity contribution in [1.29, 1.82) is 0 Å². The van der Waals surface area contributed by atoms with Crippen LogP contribution in [0.25, 0.3) is 0 Å². The zero-order chi connectivity index (χ0) is 47.2. The van der Waals surface area contributed by atoms with Crippen LogP contribution in [0.2, 0.25) is 0 Å². The van der Waals surface area contributed by atoms with Gasteiger partial charge in [-0.3, -0.25) is 9.69 Å². The number of fused-ring (bicyclic) bond motifs is 4. The van der Waals surface area contributed by atoms with Crippen LogP contribution in [0.5, 0.6) is 28.7 Å². The lowest BCUT2D eigenvalue weighted by molar-refractivity contribution is -0.155. The van der Waals surface area contributed by atoms with Crippen LogP contribution in [0.1, 0.15) is 78.4 Å². The fraction of sp³-hybridized carbons (Fsp3) is 0.481. The van der Waals surface area contributed by atoms with Gasteiger partial charge in [-0.15, -0.1) is 0 Å². The van der Waals surface area contributed by atoms with Gasteiger partial charge < -0.3 is 43.2 Å². The highest BCUT2D eigenvalue weighted by Crippen LogP contribution is 2.50. The van der Waals surface area contributed by atoms with Gasteiger partial charge in [0.15, 0.2) is 28.8 Å². The second-order valence-electron chi connectivity index (χ2n) is 17.7. The lowest BCUT2D eigenvalue weighted by atomic mass is 9.72. The molecule has 15 heteroatoms. The van der Waals surface area contributed by atoms with Crippen molar-refractivity contribution in [3.8, 4) is 28.7 Å². The minimum absolute atomic E-state index is 0.0373. The summed E-state index contributed by atoms with van der Waals surface area (Å²) in [6.45, 7) is 4.09. The van der Waals surface area contributed by atoms with E-state index in [1.54, 1.807) is 40.6 Å². The molecule has 4 aromatic rings. The van der Waals surface area contributed by atoms with Gasteiger partial charge >= 0.3 is 0 Å². The summed E-state index contributed by atoms with van der Waals surface area (Å²) < 4.78 is 69.9. The van der Waals surface area contributed by atoms with Crippen LogP contribution in [0.4, 0.5) is 0 Å². The van der Waals surface area contributed by atoms with Gasteiger partial charge in [-0.1, -0.05) is 43.7 Å². The summed E-state index contributed by atoms with van der Waals surface area (Å²) in [4.78, 5) is 20.0. The fourth-order valence-electron chi connectivity index (χ4n) is 10.7. The van der Waals surface area contributed by atoms with Gasteiger partial charge in [-0.25, -0.2) is 8.42 Å². The number of benzene rings is 4. The Kier molecular flexibility index (Phi) is 15.3. The van der Waals surface area contributed by atoms with Gasteiger partial charge in [-0.2, -0.15) is 4.31 Å². The van der Waals surface area contributed by atoms with E-state index in [9.17, 15) is 13.5 Å². The molecule has 0 unspecified atom stereocenters. The second kappa shape index (κ2) is 21.3. The molecule has 360 valence electrons. The first kappa shape index (κ1) is 48.1. The minimum Gasteiger partial charge on any atom is -0.497 e. The monoisotopic (exact) mass is 939 g/mol. The Bertz CT molecular complexity index is 2480. The summed E-state index contributed by atoms with van der Waals surface area (Å²) in [6.07, 6.45) is 5.70. The molecule has 1 amide bonds. The van der Waals surface area contributed by atoms with Crippen molar-refractivity contribution in [2.75, 3.05) is 81.5 Å². The second-order valence-corrected chi connectivity index (χ2v) is 19.7. The van der Waals surface area contributed by atoms with Gasteiger partial charge in [0.25, 0.3) is 5.91 Å².